The summed E-state index contributed by atoms with van der Waals surface area (Å²) in [6.07, 6.45) is 0. The van der Waals surface area contributed by atoms with E-state index in [2.05, 4.69) is 10.2 Å². The molecule has 1 saturated heterocycles. The molecule has 0 unspecified atom stereocenters. The summed E-state index contributed by atoms with van der Waals surface area (Å²) in [4.78, 5) is 4.14. The standard InChI is InChI=1S/C18H20Cl2N4O2/c1-26-17-11-15(25)2-3-16(17)23-4-6-24(7-5-23)18(21)22-14-9-12(19)8-13(20)10-14/h2-3,8-11,25H,4-7H2,1H3,(H2,21,22). The maximum atomic E-state index is 9.60. The van der Waals surface area contributed by atoms with Crippen molar-refractivity contribution in [1.29, 1.82) is 5.41 Å². The molecule has 0 atom stereocenters. The van der Waals surface area contributed by atoms with Crippen molar-refractivity contribution in [2.75, 3.05) is 43.5 Å². The van der Waals surface area contributed by atoms with E-state index in [-0.39, 0.29) is 5.75 Å². The zero-order valence-corrected chi connectivity index (χ0v) is 15.8. The summed E-state index contributed by atoms with van der Waals surface area (Å²) in [7, 11) is 1.59. The number of hydrogen-bond acceptors (Lipinski definition) is 4. The van der Waals surface area contributed by atoms with Gasteiger partial charge in [0.15, 0.2) is 5.96 Å². The van der Waals surface area contributed by atoms with Gasteiger partial charge in [-0.05, 0) is 30.3 Å². The van der Waals surface area contributed by atoms with Gasteiger partial charge in [0.25, 0.3) is 0 Å². The zero-order valence-electron chi connectivity index (χ0n) is 14.3. The first-order valence-corrected chi connectivity index (χ1v) is 8.90. The second kappa shape index (κ2) is 7.93. The monoisotopic (exact) mass is 394 g/mol. The number of piperazine rings is 1. The summed E-state index contributed by atoms with van der Waals surface area (Å²) in [6, 6.07) is 10.2. The SMILES string of the molecule is COc1cc(O)ccc1N1CCN(C(=N)Nc2cc(Cl)cc(Cl)c2)CC1. The number of aromatic hydroxyl groups is 1. The van der Waals surface area contributed by atoms with Gasteiger partial charge in [-0.2, -0.15) is 0 Å². The minimum absolute atomic E-state index is 0.176. The summed E-state index contributed by atoms with van der Waals surface area (Å²) < 4.78 is 5.36. The number of phenols is 1. The fourth-order valence-electron chi connectivity index (χ4n) is 2.94. The number of methoxy groups -OCH3 is 1. The highest BCUT2D eigenvalue weighted by atomic mass is 35.5. The van der Waals surface area contributed by atoms with Gasteiger partial charge in [0.1, 0.15) is 11.5 Å². The molecule has 3 rings (SSSR count). The van der Waals surface area contributed by atoms with E-state index in [1.165, 1.54) is 0 Å². The molecule has 0 amide bonds. The summed E-state index contributed by atoms with van der Waals surface area (Å²) in [5, 5.41) is 22.0. The first kappa shape index (κ1) is 18.5. The van der Waals surface area contributed by atoms with Crippen LogP contribution >= 0.6 is 23.2 Å². The molecule has 2 aromatic rings. The lowest BCUT2D eigenvalue weighted by molar-refractivity contribution is 0.374. The highest BCUT2D eigenvalue weighted by Crippen LogP contribution is 2.32. The normalized spacial score (nSPS) is 14.3. The van der Waals surface area contributed by atoms with Crippen LogP contribution in [0.15, 0.2) is 36.4 Å². The molecule has 0 bridgehead atoms. The Balaban J connectivity index is 1.62. The van der Waals surface area contributed by atoms with E-state index in [4.69, 9.17) is 33.3 Å². The van der Waals surface area contributed by atoms with Gasteiger partial charge in [-0.15, -0.1) is 0 Å². The predicted molar refractivity (Wildman–Crippen MR) is 106 cm³/mol. The number of ether oxygens (including phenoxy) is 1. The lowest BCUT2D eigenvalue weighted by Crippen LogP contribution is -2.50. The molecule has 0 spiro atoms. The molecule has 8 heteroatoms. The Labute approximate surface area is 162 Å². The Hall–Kier alpha value is -2.31. The van der Waals surface area contributed by atoms with Crippen LogP contribution in [0.5, 0.6) is 11.5 Å². The lowest BCUT2D eigenvalue weighted by Gasteiger charge is -2.37. The Bertz CT molecular complexity index is 788. The first-order valence-electron chi connectivity index (χ1n) is 8.15. The van der Waals surface area contributed by atoms with E-state index >= 15 is 0 Å². The van der Waals surface area contributed by atoms with Crippen molar-refractivity contribution in [2.45, 2.75) is 0 Å². The number of anilines is 2. The van der Waals surface area contributed by atoms with Gasteiger partial charge in [0.2, 0.25) is 0 Å². The maximum Gasteiger partial charge on any atom is 0.195 e. The Morgan fingerprint density at radius 3 is 2.35 bits per heavy atom. The largest absolute Gasteiger partial charge is 0.508 e. The molecule has 138 valence electrons. The van der Waals surface area contributed by atoms with E-state index < -0.39 is 0 Å². The Morgan fingerprint density at radius 1 is 1.08 bits per heavy atom. The van der Waals surface area contributed by atoms with Crippen molar-refractivity contribution in [2.24, 2.45) is 0 Å². The quantitative estimate of drug-likeness (QED) is 0.544. The first-order chi connectivity index (χ1) is 12.5. The molecule has 26 heavy (non-hydrogen) atoms. The second-order valence-corrected chi connectivity index (χ2v) is 6.83. The van der Waals surface area contributed by atoms with Gasteiger partial charge in [-0.1, -0.05) is 23.2 Å². The third-order valence-corrected chi connectivity index (χ3v) is 4.66. The fourth-order valence-corrected chi connectivity index (χ4v) is 3.47. The summed E-state index contributed by atoms with van der Waals surface area (Å²) in [5.74, 6) is 1.12. The van der Waals surface area contributed by atoms with Crippen LogP contribution < -0.4 is 15.0 Å². The van der Waals surface area contributed by atoms with Crippen molar-refractivity contribution >= 4 is 40.5 Å². The lowest BCUT2D eigenvalue weighted by atomic mass is 10.2. The number of guanidine groups is 1. The fraction of sp³-hybridized carbons (Fsp3) is 0.278. The molecule has 1 heterocycles. The molecular formula is C18H20Cl2N4O2. The van der Waals surface area contributed by atoms with Crippen LogP contribution in [0.25, 0.3) is 0 Å². The molecule has 1 aliphatic rings. The van der Waals surface area contributed by atoms with Gasteiger partial charge in [-0.25, -0.2) is 0 Å². The minimum atomic E-state index is 0.176. The van der Waals surface area contributed by atoms with Crippen LogP contribution in [0, 0.1) is 5.41 Å². The van der Waals surface area contributed by atoms with Crippen LogP contribution in [0.2, 0.25) is 10.0 Å². The van der Waals surface area contributed by atoms with Crippen molar-refractivity contribution in [3.8, 4) is 11.5 Å². The summed E-state index contributed by atoms with van der Waals surface area (Å²) in [5.41, 5.74) is 1.63. The average Bonchev–Trinajstić information content (AvgIpc) is 2.61. The van der Waals surface area contributed by atoms with Crippen molar-refractivity contribution in [3.05, 3.63) is 46.4 Å². The molecule has 1 fully saturated rings. The van der Waals surface area contributed by atoms with E-state index in [9.17, 15) is 5.11 Å². The molecule has 0 radical (unpaired) electrons. The van der Waals surface area contributed by atoms with E-state index in [0.29, 0.717) is 40.5 Å². The van der Waals surface area contributed by atoms with Crippen molar-refractivity contribution in [3.63, 3.8) is 0 Å². The van der Waals surface area contributed by atoms with Crippen LogP contribution in [-0.2, 0) is 0 Å². The van der Waals surface area contributed by atoms with Crippen LogP contribution in [0.1, 0.15) is 0 Å². The van der Waals surface area contributed by atoms with Crippen LogP contribution in [-0.4, -0.2) is 49.3 Å². The minimum Gasteiger partial charge on any atom is -0.508 e. The van der Waals surface area contributed by atoms with Gasteiger partial charge < -0.3 is 25.0 Å². The number of halogens is 2. The van der Waals surface area contributed by atoms with Gasteiger partial charge >= 0.3 is 0 Å². The number of benzene rings is 2. The third kappa shape index (κ3) is 4.26. The molecule has 0 saturated carbocycles. The summed E-state index contributed by atoms with van der Waals surface area (Å²) in [6.45, 7) is 2.84. The number of hydrogen-bond donors (Lipinski definition) is 3. The van der Waals surface area contributed by atoms with E-state index in [1.54, 1.807) is 37.4 Å². The van der Waals surface area contributed by atoms with Crippen molar-refractivity contribution < 1.29 is 9.84 Å². The maximum absolute atomic E-state index is 9.60. The molecule has 3 N–H and O–H groups in total. The van der Waals surface area contributed by atoms with E-state index in [0.717, 1.165) is 18.8 Å². The average molecular weight is 395 g/mol. The number of phenolic OH excluding ortho intramolecular Hbond substituents is 1. The molecule has 1 aliphatic heterocycles. The molecule has 6 nitrogen and oxygen atoms in total. The van der Waals surface area contributed by atoms with Gasteiger partial charge in [0.05, 0.1) is 12.8 Å². The highest BCUT2D eigenvalue weighted by molar-refractivity contribution is 6.35. The van der Waals surface area contributed by atoms with Gasteiger partial charge in [0, 0.05) is 48.0 Å². The third-order valence-electron chi connectivity index (χ3n) is 4.23. The topological polar surface area (TPSA) is 71.8 Å². The van der Waals surface area contributed by atoms with Crippen LogP contribution in [0.4, 0.5) is 11.4 Å². The Kier molecular flexibility index (Phi) is 5.64. The number of nitrogens with zero attached hydrogens (tertiary/aromatic N) is 2. The molecule has 0 aliphatic carbocycles. The van der Waals surface area contributed by atoms with Crippen molar-refractivity contribution in [1.82, 2.24) is 4.90 Å². The van der Waals surface area contributed by atoms with Gasteiger partial charge in [-0.3, -0.25) is 5.41 Å². The summed E-state index contributed by atoms with van der Waals surface area (Å²) >= 11 is 12.0. The second-order valence-electron chi connectivity index (χ2n) is 5.96. The molecular weight excluding hydrogens is 375 g/mol. The van der Waals surface area contributed by atoms with E-state index in [1.807, 2.05) is 11.0 Å². The van der Waals surface area contributed by atoms with Crippen LogP contribution in [0.3, 0.4) is 0 Å². The molecule has 2 aromatic carbocycles. The highest BCUT2D eigenvalue weighted by Gasteiger charge is 2.21. The predicted octanol–water partition coefficient (Wildman–Crippen LogP) is 3.88. The number of nitrogens with one attached hydrogen (secondary N) is 2. The molecule has 0 aromatic heterocycles. The zero-order chi connectivity index (χ0) is 18.7. The Morgan fingerprint density at radius 2 is 1.73 bits per heavy atom. The smallest absolute Gasteiger partial charge is 0.195 e. The number of rotatable bonds is 3.